The van der Waals surface area contributed by atoms with E-state index in [1.807, 2.05) is 30.3 Å². The summed E-state index contributed by atoms with van der Waals surface area (Å²) in [5.74, 6) is -2.76. The van der Waals surface area contributed by atoms with Crippen LogP contribution in [0.1, 0.15) is 22.8 Å². The Labute approximate surface area is 135 Å². The van der Waals surface area contributed by atoms with Gasteiger partial charge in [-0.15, -0.1) is 0 Å². The molecular formula is C18H20O5. The van der Waals surface area contributed by atoms with E-state index < -0.39 is 11.8 Å². The summed E-state index contributed by atoms with van der Waals surface area (Å²) >= 11 is 0. The molecule has 0 saturated heterocycles. The van der Waals surface area contributed by atoms with Gasteiger partial charge in [-0.2, -0.15) is 0 Å². The zero-order valence-corrected chi connectivity index (χ0v) is 13.4. The van der Waals surface area contributed by atoms with E-state index in [1.54, 1.807) is 37.3 Å². The maximum atomic E-state index is 11.0. The number of rotatable bonds is 5. The Morgan fingerprint density at radius 1 is 0.870 bits per heavy atom. The number of carboxylic acids is 1. The Balaban J connectivity index is 0.000000253. The monoisotopic (exact) mass is 316 g/mol. The van der Waals surface area contributed by atoms with Crippen LogP contribution in [0.2, 0.25) is 0 Å². The van der Waals surface area contributed by atoms with Crippen molar-refractivity contribution in [2.45, 2.75) is 12.7 Å². The Bertz CT molecular complexity index is 618. The Morgan fingerprint density at radius 3 is 1.61 bits per heavy atom. The molecule has 1 N–H and O–H groups in total. The SMILES string of the molecule is CC(=O)c1ccccc1.COC(OC)(C(=O)O)c1ccccc1. The molecule has 0 amide bonds. The van der Waals surface area contributed by atoms with E-state index >= 15 is 0 Å². The maximum Gasteiger partial charge on any atom is 0.369 e. The number of carbonyl (C=O) groups is 2. The lowest BCUT2D eigenvalue weighted by Crippen LogP contribution is -2.39. The smallest absolute Gasteiger partial charge is 0.369 e. The summed E-state index contributed by atoms with van der Waals surface area (Å²) in [7, 11) is 2.59. The summed E-state index contributed by atoms with van der Waals surface area (Å²) in [6.07, 6.45) is 0. The van der Waals surface area contributed by atoms with Crippen LogP contribution in [0.15, 0.2) is 60.7 Å². The van der Waals surface area contributed by atoms with E-state index in [-0.39, 0.29) is 5.78 Å². The minimum absolute atomic E-state index is 0.121. The fourth-order valence-electron chi connectivity index (χ4n) is 1.95. The lowest BCUT2D eigenvalue weighted by molar-refractivity contribution is -0.231. The first-order valence-corrected chi connectivity index (χ1v) is 6.93. The normalized spacial score (nSPS) is 10.4. The number of aliphatic carboxylic acids is 1. The van der Waals surface area contributed by atoms with Gasteiger partial charge in [0.05, 0.1) is 0 Å². The van der Waals surface area contributed by atoms with Crippen LogP contribution in [0.5, 0.6) is 0 Å². The number of hydrogen-bond acceptors (Lipinski definition) is 4. The first-order chi connectivity index (χ1) is 11.0. The molecule has 0 aromatic heterocycles. The van der Waals surface area contributed by atoms with Crippen LogP contribution in [0.4, 0.5) is 0 Å². The molecule has 0 radical (unpaired) electrons. The first kappa shape index (κ1) is 18.5. The molecule has 5 heteroatoms. The van der Waals surface area contributed by atoms with Gasteiger partial charge in [0.2, 0.25) is 0 Å². The highest BCUT2D eigenvalue weighted by Gasteiger charge is 2.41. The average Bonchev–Trinajstić information content (AvgIpc) is 2.58. The third-order valence-electron chi connectivity index (χ3n) is 3.19. The van der Waals surface area contributed by atoms with Gasteiger partial charge in [-0.25, -0.2) is 4.79 Å². The molecule has 0 aliphatic carbocycles. The zero-order chi connectivity index (χ0) is 17.3. The number of benzene rings is 2. The summed E-state index contributed by atoms with van der Waals surface area (Å²) in [6.45, 7) is 1.56. The van der Waals surface area contributed by atoms with Crippen molar-refractivity contribution in [2.24, 2.45) is 0 Å². The number of Topliss-reactive ketones (excluding diaryl/α,β-unsaturated/α-hetero) is 1. The lowest BCUT2D eigenvalue weighted by atomic mass is 10.1. The Kier molecular flexibility index (Phi) is 7.12. The summed E-state index contributed by atoms with van der Waals surface area (Å²) < 4.78 is 9.83. The van der Waals surface area contributed by atoms with Crippen molar-refractivity contribution < 1.29 is 24.2 Å². The highest BCUT2D eigenvalue weighted by Crippen LogP contribution is 2.25. The Morgan fingerprint density at radius 2 is 1.30 bits per heavy atom. The topological polar surface area (TPSA) is 72.8 Å². The van der Waals surface area contributed by atoms with E-state index in [1.165, 1.54) is 14.2 Å². The number of ketones is 1. The summed E-state index contributed by atoms with van der Waals surface area (Å²) in [4.78, 5) is 21.7. The quantitative estimate of drug-likeness (QED) is 0.678. The zero-order valence-electron chi connectivity index (χ0n) is 13.4. The van der Waals surface area contributed by atoms with E-state index in [0.717, 1.165) is 5.56 Å². The van der Waals surface area contributed by atoms with Gasteiger partial charge >= 0.3 is 5.97 Å². The molecule has 0 atom stereocenters. The largest absolute Gasteiger partial charge is 0.477 e. The van der Waals surface area contributed by atoms with Gasteiger partial charge in [-0.3, -0.25) is 4.79 Å². The molecule has 0 aliphatic heterocycles. The molecule has 0 aliphatic rings. The van der Waals surface area contributed by atoms with Crippen molar-refractivity contribution in [3.63, 3.8) is 0 Å². The third kappa shape index (κ3) is 4.74. The molecule has 0 bridgehead atoms. The predicted octanol–water partition coefficient (Wildman–Crippen LogP) is 3.11. The van der Waals surface area contributed by atoms with Crippen LogP contribution in [-0.4, -0.2) is 31.1 Å². The second-order valence-corrected chi connectivity index (χ2v) is 4.62. The molecule has 0 unspecified atom stereocenters. The van der Waals surface area contributed by atoms with E-state index in [2.05, 4.69) is 0 Å². The van der Waals surface area contributed by atoms with Crippen molar-refractivity contribution in [1.29, 1.82) is 0 Å². The maximum absolute atomic E-state index is 11.0. The van der Waals surface area contributed by atoms with Crippen LogP contribution in [0.3, 0.4) is 0 Å². The van der Waals surface area contributed by atoms with Gasteiger partial charge in [-0.05, 0) is 6.92 Å². The van der Waals surface area contributed by atoms with Crippen molar-refractivity contribution in [3.05, 3.63) is 71.8 Å². The molecule has 2 aromatic carbocycles. The fraction of sp³-hybridized carbons (Fsp3) is 0.222. The molecule has 0 saturated carbocycles. The highest BCUT2D eigenvalue weighted by atomic mass is 16.7. The molecule has 0 fully saturated rings. The molecule has 122 valence electrons. The van der Waals surface area contributed by atoms with E-state index in [4.69, 9.17) is 14.6 Å². The van der Waals surface area contributed by atoms with Crippen LogP contribution in [0.25, 0.3) is 0 Å². The van der Waals surface area contributed by atoms with Gasteiger partial charge in [0.15, 0.2) is 5.78 Å². The number of carbonyl (C=O) groups excluding carboxylic acids is 1. The predicted molar refractivity (Wildman–Crippen MR) is 86.2 cm³/mol. The van der Waals surface area contributed by atoms with Gasteiger partial charge in [0, 0.05) is 25.3 Å². The van der Waals surface area contributed by atoms with Crippen molar-refractivity contribution in [3.8, 4) is 0 Å². The average molecular weight is 316 g/mol. The van der Waals surface area contributed by atoms with Crippen LogP contribution < -0.4 is 0 Å². The van der Waals surface area contributed by atoms with Crippen molar-refractivity contribution >= 4 is 11.8 Å². The fourth-order valence-corrected chi connectivity index (χ4v) is 1.95. The van der Waals surface area contributed by atoms with E-state index in [9.17, 15) is 9.59 Å². The number of carboxylic acid groups (broad SMARTS) is 1. The van der Waals surface area contributed by atoms with Crippen LogP contribution >= 0.6 is 0 Å². The van der Waals surface area contributed by atoms with Crippen LogP contribution in [-0.2, 0) is 20.1 Å². The van der Waals surface area contributed by atoms with E-state index in [0.29, 0.717) is 5.56 Å². The van der Waals surface area contributed by atoms with Crippen molar-refractivity contribution in [2.75, 3.05) is 14.2 Å². The molecular weight excluding hydrogens is 296 g/mol. The van der Waals surface area contributed by atoms with Gasteiger partial charge in [0.1, 0.15) is 0 Å². The highest BCUT2D eigenvalue weighted by molar-refractivity contribution is 5.93. The second kappa shape index (κ2) is 8.82. The molecule has 23 heavy (non-hydrogen) atoms. The number of hydrogen-bond donors (Lipinski definition) is 1. The van der Waals surface area contributed by atoms with Crippen LogP contribution in [0, 0.1) is 0 Å². The second-order valence-electron chi connectivity index (χ2n) is 4.62. The molecule has 0 spiro atoms. The minimum Gasteiger partial charge on any atom is -0.477 e. The van der Waals surface area contributed by atoms with Gasteiger partial charge < -0.3 is 14.6 Å². The molecule has 2 aromatic rings. The number of methoxy groups -OCH3 is 2. The summed E-state index contributed by atoms with van der Waals surface area (Å²) in [5, 5.41) is 9.03. The lowest BCUT2D eigenvalue weighted by Gasteiger charge is -2.26. The van der Waals surface area contributed by atoms with Gasteiger partial charge in [0.25, 0.3) is 5.79 Å². The summed E-state index contributed by atoms with van der Waals surface area (Å²) in [6, 6.07) is 17.8. The third-order valence-corrected chi connectivity index (χ3v) is 3.19. The Hall–Kier alpha value is -2.50. The first-order valence-electron chi connectivity index (χ1n) is 6.93. The minimum atomic E-state index is -1.71. The van der Waals surface area contributed by atoms with Crippen molar-refractivity contribution in [1.82, 2.24) is 0 Å². The standard InChI is InChI=1S/C10H12O4.C8H8O/c1-13-10(14-2,9(11)12)8-6-4-3-5-7-8;1-7(9)8-5-3-2-4-6-8/h3-7H,1-2H3,(H,11,12);2-6H,1H3. The molecule has 0 heterocycles. The number of ether oxygens (including phenoxy) is 2. The van der Waals surface area contributed by atoms with Gasteiger partial charge in [-0.1, -0.05) is 60.7 Å². The molecule has 5 nitrogen and oxygen atoms in total. The molecule has 2 rings (SSSR count). The summed E-state index contributed by atoms with van der Waals surface area (Å²) in [5.41, 5.74) is 1.23.